The Balaban J connectivity index is 2.77. The van der Waals surface area contributed by atoms with Crippen LogP contribution in [-0.2, 0) is 6.42 Å². The minimum absolute atomic E-state index is 0.0892. The number of hydrogen-bond acceptors (Lipinski definition) is 1. The molecule has 0 saturated carbocycles. The van der Waals surface area contributed by atoms with Crippen LogP contribution in [0.2, 0.25) is 0 Å². The quantitative estimate of drug-likeness (QED) is 0.708. The standard InChI is InChI=1S/C11H15FS/c1-8-3-4-10(11(12)6-8)5-9(2)7-13/h3-4,6,9,13H,5,7H2,1-2H3. The van der Waals surface area contributed by atoms with Crippen LogP contribution in [0.25, 0.3) is 0 Å². The van der Waals surface area contributed by atoms with Crippen molar-refractivity contribution in [2.75, 3.05) is 5.75 Å². The third kappa shape index (κ3) is 3.03. The van der Waals surface area contributed by atoms with E-state index in [4.69, 9.17) is 0 Å². The van der Waals surface area contributed by atoms with Gasteiger partial charge < -0.3 is 0 Å². The number of hydrogen-bond donors (Lipinski definition) is 1. The van der Waals surface area contributed by atoms with Gasteiger partial charge in [-0.05, 0) is 42.2 Å². The smallest absolute Gasteiger partial charge is 0.126 e. The minimum Gasteiger partial charge on any atom is -0.207 e. The Kier molecular flexibility index (Phi) is 3.79. The second-order valence-corrected chi connectivity index (χ2v) is 3.95. The normalized spacial score (nSPS) is 12.9. The van der Waals surface area contributed by atoms with Crippen molar-refractivity contribution >= 4 is 12.6 Å². The van der Waals surface area contributed by atoms with Gasteiger partial charge in [0.1, 0.15) is 5.82 Å². The van der Waals surface area contributed by atoms with Gasteiger partial charge in [0.05, 0.1) is 0 Å². The first kappa shape index (κ1) is 10.6. The Morgan fingerprint density at radius 3 is 2.69 bits per heavy atom. The fraction of sp³-hybridized carbons (Fsp3) is 0.455. The molecule has 0 aliphatic rings. The lowest BCUT2D eigenvalue weighted by atomic mass is 10.0. The van der Waals surface area contributed by atoms with Gasteiger partial charge in [-0.3, -0.25) is 0 Å². The first-order valence-electron chi connectivity index (χ1n) is 4.49. The SMILES string of the molecule is Cc1ccc(CC(C)CS)c(F)c1. The molecule has 0 N–H and O–H groups in total. The van der Waals surface area contributed by atoms with Crippen LogP contribution in [0.15, 0.2) is 18.2 Å². The van der Waals surface area contributed by atoms with Gasteiger partial charge in [0.25, 0.3) is 0 Å². The van der Waals surface area contributed by atoms with Crippen LogP contribution in [0, 0.1) is 18.7 Å². The average molecular weight is 198 g/mol. The highest BCUT2D eigenvalue weighted by molar-refractivity contribution is 7.80. The van der Waals surface area contributed by atoms with Crippen LogP contribution in [-0.4, -0.2) is 5.75 Å². The van der Waals surface area contributed by atoms with E-state index in [1.807, 2.05) is 19.1 Å². The Hall–Kier alpha value is -0.500. The highest BCUT2D eigenvalue weighted by Crippen LogP contribution is 2.15. The maximum atomic E-state index is 13.3. The first-order valence-corrected chi connectivity index (χ1v) is 5.12. The third-order valence-electron chi connectivity index (χ3n) is 2.09. The molecule has 1 unspecified atom stereocenters. The monoisotopic (exact) mass is 198 g/mol. The van der Waals surface area contributed by atoms with E-state index in [0.717, 1.165) is 23.3 Å². The van der Waals surface area contributed by atoms with E-state index in [0.29, 0.717) is 5.92 Å². The topological polar surface area (TPSA) is 0 Å². The van der Waals surface area contributed by atoms with Crippen LogP contribution >= 0.6 is 12.6 Å². The van der Waals surface area contributed by atoms with E-state index in [2.05, 4.69) is 19.6 Å². The molecule has 0 aromatic heterocycles. The first-order chi connectivity index (χ1) is 6.13. The van der Waals surface area contributed by atoms with Crippen LogP contribution in [0.5, 0.6) is 0 Å². The van der Waals surface area contributed by atoms with E-state index in [-0.39, 0.29) is 5.82 Å². The molecule has 1 aromatic rings. The molecule has 1 aromatic carbocycles. The van der Waals surface area contributed by atoms with Crippen molar-refractivity contribution in [3.8, 4) is 0 Å². The summed E-state index contributed by atoms with van der Waals surface area (Å²) < 4.78 is 13.3. The summed E-state index contributed by atoms with van der Waals surface area (Å²) in [7, 11) is 0. The molecule has 0 saturated heterocycles. The van der Waals surface area contributed by atoms with Crippen LogP contribution < -0.4 is 0 Å². The second kappa shape index (κ2) is 4.66. The molecule has 72 valence electrons. The Morgan fingerprint density at radius 1 is 1.46 bits per heavy atom. The average Bonchev–Trinajstić information content (AvgIpc) is 2.09. The van der Waals surface area contributed by atoms with Gasteiger partial charge in [0.15, 0.2) is 0 Å². The highest BCUT2D eigenvalue weighted by atomic mass is 32.1. The van der Waals surface area contributed by atoms with Gasteiger partial charge in [0.2, 0.25) is 0 Å². The number of aryl methyl sites for hydroxylation is 1. The molecule has 0 nitrogen and oxygen atoms in total. The summed E-state index contributed by atoms with van der Waals surface area (Å²) in [5.74, 6) is 1.14. The summed E-state index contributed by atoms with van der Waals surface area (Å²) in [5.41, 5.74) is 1.77. The van der Waals surface area contributed by atoms with Gasteiger partial charge in [-0.2, -0.15) is 12.6 Å². The predicted octanol–water partition coefficient (Wildman–Crippen LogP) is 3.24. The van der Waals surface area contributed by atoms with Crippen molar-refractivity contribution in [3.05, 3.63) is 35.1 Å². The van der Waals surface area contributed by atoms with Gasteiger partial charge >= 0.3 is 0 Å². The molecule has 0 aliphatic carbocycles. The molecule has 0 fully saturated rings. The van der Waals surface area contributed by atoms with Crippen molar-refractivity contribution in [1.29, 1.82) is 0 Å². The van der Waals surface area contributed by atoms with Crippen molar-refractivity contribution in [2.24, 2.45) is 5.92 Å². The maximum absolute atomic E-state index is 13.3. The molecule has 13 heavy (non-hydrogen) atoms. The summed E-state index contributed by atoms with van der Waals surface area (Å²) in [6.07, 6.45) is 0.773. The highest BCUT2D eigenvalue weighted by Gasteiger charge is 2.06. The van der Waals surface area contributed by atoms with Gasteiger partial charge in [-0.15, -0.1) is 0 Å². The molecule has 1 atom stereocenters. The summed E-state index contributed by atoms with van der Waals surface area (Å²) in [6, 6.07) is 5.40. The lowest BCUT2D eigenvalue weighted by Gasteiger charge is -2.08. The summed E-state index contributed by atoms with van der Waals surface area (Å²) >= 11 is 4.18. The van der Waals surface area contributed by atoms with Crippen LogP contribution in [0.3, 0.4) is 0 Å². The van der Waals surface area contributed by atoms with E-state index in [1.165, 1.54) is 0 Å². The number of halogens is 1. The van der Waals surface area contributed by atoms with Crippen molar-refractivity contribution < 1.29 is 4.39 Å². The second-order valence-electron chi connectivity index (χ2n) is 3.59. The molecule has 0 bridgehead atoms. The van der Waals surface area contributed by atoms with Crippen molar-refractivity contribution in [2.45, 2.75) is 20.3 Å². The zero-order chi connectivity index (χ0) is 9.84. The predicted molar refractivity (Wildman–Crippen MR) is 57.9 cm³/mol. The van der Waals surface area contributed by atoms with Crippen molar-refractivity contribution in [3.63, 3.8) is 0 Å². The Bertz CT molecular complexity index is 283. The molecule has 2 heteroatoms. The Morgan fingerprint density at radius 2 is 2.15 bits per heavy atom. The molecule has 0 radical (unpaired) electrons. The third-order valence-corrected chi connectivity index (χ3v) is 2.71. The number of rotatable bonds is 3. The molecule has 0 amide bonds. The fourth-order valence-corrected chi connectivity index (χ4v) is 1.39. The van der Waals surface area contributed by atoms with E-state index in [1.54, 1.807) is 6.07 Å². The molecule has 1 rings (SSSR count). The zero-order valence-electron chi connectivity index (χ0n) is 8.05. The molecule has 0 spiro atoms. The summed E-state index contributed by atoms with van der Waals surface area (Å²) in [5, 5.41) is 0. The molecule has 0 heterocycles. The lowest BCUT2D eigenvalue weighted by Crippen LogP contribution is -2.03. The number of thiol groups is 1. The van der Waals surface area contributed by atoms with Crippen LogP contribution in [0.1, 0.15) is 18.1 Å². The van der Waals surface area contributed by atoms with E-state index >= 15 is 0 Å². The van der Waals surface area contributed by atoms with E-state index < -0.39 is 0 Å². The largest absolute Gasteiger partial charge is 0.207 e. The fourth-order valence-electron chi connectivity index (χ4n) is 1.26. The van der Waals surface area contributed by atoms with Crippen LogP contribution in [0.4, 0.5) is 4.39 Å². The minimum atomic E-state index is -0.0892. The Labute approximate surface area is 84.6 Å². The van der Waals surface area contributed by atoms with Gasteiger partial charge in [-0.1, -0.05) is 19.1 Å². The van der Waals surface area contributed by atoms with Gasteiger partial charge in [0, 0.05) is 0 Å². The van der Waals surface area contributed by atoms with E-state index in [9.17, 15) is 4.39 Å². The molecular formula is C11H15FS. The number of benzene rings is 1. The molecular weight excluding hydrogens is 183 g/mol. The lowest BCUT2D eigenvalue weighted by molar-refractivity contribution is 0.577. The molecule has 0 aliphatic heterocycles. The van der Waals surface area contributed by atoms with Gasteiger partial charge in [-0.25, -0.2) is 4.39 Å². The van der Waals surface area contributed by atoms with Crippen molar-refractivity contribution in [1.82, 2.24) is 0 Å². The maximum Gasteiger partial charge on any atom is 0.126 e. The summed E-state index contributed by atoms with van der Waals surface area (Å²) in [6.45, 7) is 3.97. The zero-order valence-corrected chi connectivity index (χ0v) is 8.94. The summed E-state index contributed by atoms with van der Waals surface area (Å²) in [4.78, 5) is 0.